The van der Waals surface area contributed by atoms with E-state index in [9.17, 15) is 9.59 Å². The lowest BCUT2D eigenvalue weighted by Crippen LogP contribution is -2.29. The van der Waals surface area contributed by atoms with E-state index in [2.05, 4.69) is 15.5 Å². The summed E-state index contributed by atoms with van der Waals surface area (Å²) in [6.07, 6.45) is 6.12. The van der Waals surface area contributed by atoms with Gasteiger partial charge in [-0.1, -0.05) is 30.9 Å². The fraction of sp³-hybridized carbons (Fsp3) is 0.429. The maximum Gasteiger partial charge on any atom is 0.367 e. The minimum Gasteiger partial charge on any atom is -0.495 e. The minimum absolute atomic E-state index is 0.238. The third-order valence-corrected chi connectivity index (χ3v) is 6.97. The summed E-state index contributed by atoms with van der Waals surface area (Å²) in [6, 6.07) is 7.01. The Morgan fingerprint density at radius 2 is 2.03 bits per heavy atom. The number of ether oxygens (including phenoxy) is 1. The molecule has 164 valence electrons. The molecular weight excluding hydrogens is 438 g/mol. The quantitative estimate of drug-likeness (QED) is 0.598. The van der Waals surface area contributed by atoms with Gasteiger partial charge in [-0.2, -0.15) is 9.61 Å². The summed E-state index contributed by atoms with van der Waals surface area (Å²) in [5, 5.41) is 13.3. The van der Waals surface area contributed by atoms with E-state index < -0.39 is 11.6 Å². The van der Waals surface area contributed by atoms with Crippen LogP contribution in [0.5, 0.6) is 5.75 Å². The highest BCUT2D eigenvalue weighted by Gasteiger charge is 2.18. The fourth-order valence-electron chi connectivity index (χ4n) is 3.67. The van der Waals surface area contributed by atoms with Gasteiger partial charge in [0.15, 0.2) is 5.65 Å². The average molecular weight is 462 g/mol. The first-order valence-electron chi connectivity index (χ1n) is 10.2. The molecular formula is C21H24ClN5O3S. The molecule has 1 amide bonds. The van der Waals surface area contributed by atoms with Gasteiger partial charge in [0.2, 0.25) is 5.91 Å². The molecule has 2 aromatic heterocycles. The van der Waals surface area contributed by atoms with Crippen LogP contribution in [-0.2, 0) is 11.3 Å². The molecule has 1 fully saturated rings. The molecule has 31 heavy (non-hydrogen) atoms. The van der Waals surface area contributed by atoms with E-state index >= 15 is 0 Å². The van der Waals surface area contributed by atoms with E-state index in [-0.39, 0.29) is 6.54 Å². The molecule has 0 aliphatic heterocycles. The molecule has 2 heterocycles. The van der Waals surface area contributed by atoms with Crippen LogP contribution in [0.3, 0.4) is 0 Å². The molecule has 0 spiro atoms. The van der Waals surface area contributed by atoms with Gasteiger partial charge in [-0.15, -0.1) is 16.9 Å². The zero-order valence-electron chi connectivity index (χ0n) is 17.4. The van der Waals surface area contributed by atoms with Crippen molar-refractivity contribution in [2.75, 3.05) is 12.4 Å². The van der Waals surface area contributed by atoms with Crippen LogP contribution in [0.25, 0.3) is 5.65 Å². The highest BCUT2D eigenvalue weighted by atomic mass is 35.5. The van der Waals surface area contributed by atoms with Crippen molar-refractivity contribution in [3.8, 4) is 5.75 Å². The summed E-state index contributed by atoms with van der Waals surface area (Å²) < 4.78 is 7.65. The molecule has 1 aliphatic carbocycles. The number of hydrogen-bond donors (Lipinski definition) is 1. The van der Waals surface area contributed by atoms with Gasteiger partial charge < -0.3 is 10.1 Å². The number of hydrogen-bond acceptors (Lipinski definition) is 6. The number of nitrogens with zero attached hydrogens (tertiary/aromatic N) is 4. The Kier molecular flexibility index (Phi) is 6.52. The van der Waals surface area contributed by atoms with Gasteiger partial charge in [0.05, 0.1) is 12.8 Å². The van der Waals surface area contributed by atoms with E-state index in [1.54, 1.807) is 30.0 Å². The highest BCUT2D eigenvalue weighted by molar-refractivity contribution is 7.99. The number of carbonyl (C=O) groups is 1. The van der Waals surface area contributed by atoms with Crippen LogP contribution < -0.4 is 15.7 Å². The van der Waals surface area contributed by atoms with Crippen LogP contribution in [0.1, 0.15) is 37.7 Å². The van der Waals surface area contributed by atoms with Crippen molar-refractivity contribution >= 4 is 40.6 Å². The summed E-state index contributed by atoms with van der Waals surface area (Å²) in [5.41, 5.74) is 1.24. The van der Waals surface area contributed by atoms with Crippen LogP contribution in [0.4, 0.5) is 5.69 Å². The zero-order valence-corrected chi connectivity index (χ0v) is 19.0. The Morgan fingerprint density at radius 3 is 2.77 bits per heavy atom. The van der Waals surface area contributed by atoms with Gasteiger partial charge in [-0.05, 0) is 43.5 Å². The summed E-state index contributed by atoms with van der Waals surface area (Å²) in [5.74, 6) is 0.0414. The first-order chi connectivity index (χ1) is 14.9. The number of aryl methyl sites for hydroxylation is 1. The van der Waals surface area contributed by atoms with Gasteiger partial charge in [-0.25, -0.2) is 9.48 Å². The Labute approximate surface area is 188 Å². The number of halogens is 1. The minimum atomic E-state index is -0.449. The number of rotatable bonds is 6. The molecule has 1 saturated carbocycles. The number of fused-ring (bicyclic) bond motifs is 1. The monoisotopic (exact) mass is 461 g/mol. The summed E-state index contributed by atoms with van der Waals surface area (Å²) >= 11 is 7.82. The molecule has 1 N–H and O–H groups in total. The van der Waals surface area contributed by atoms with Crippen molar-refractivity contribution in [1.82, 2.24) is 19.4 Å². The summed E-state index contributed by atoms with van der Waals surface area (Å²) in [6.45, 7) is 1.59. The smallest absolute Gasteiger partial charge is 0.367 e. The second kappa shape index (κ2) is 9.32. The number of anilines is 1. The lowest BCUT2D eigenvalue weighted by atomic mass is 10.0. The summed E-state index contributed by atoms with van der Waals surface area (Å²) in [4.78, 5) is 25.3. The van der Waals surface area contributed by atoms with Gasteiger partial charge >= 0.3 is 5.69 Å². The zero-order chi connectivity index (χ0) is 22.0. The van der Waals surface area contributed by atoms with Gasteiger partial charge in [-0.3, -0.25) is 4.79 Å². The first-order valence-corrected chi connectivity index (χ1v) is 11.5. The Morgan fingerprint density at radius 1 is 1.26 bits per heavy atom. The standard InChI is InChI=1S/C21H24ClN5O3S/c1-13-10-16(17(30-2)11-15(13)22)23-19(28)12-26-21(29)27-18(24-26)8-9-20(25-27)31-14-6-4-3-5-7-14/h8-11,14H,3-7,12H2,1-2H3,(H,23,28). The number of methoxy groups -OCH3 is 1. The van der Waals surface area contributed by atoms with Gasteiger partial charge in [0.1, 0.15) is 17.3 Å². The SMILES string of the molecule is COc1cc(Cl)c(C)cc1NC(=O)Cn1nc2ccc(SC3CCCCC3)nn2c1=O. The van der Waals surface area contributed by atoms with Gasteiger partial charge in [0, 0.05) is 16.3 Å². The van der Waals surface area contributed by atoms with E-state index in [1.807, 2.05) is 13.0 Å². The number of nitrogens with one attached hydrogen (secondary N) is 1. The first kappa shape index (κ1) is 21.7. The lowest BCUT2D eigenvalue weighted by molar-refractivity contribution is -0.117. The maximum atomic E-state index is 12.8. The van der Waals surface area contributed by atoms with Crippen LogP contribution in [0.2, 0.25) is 5.02 Å². The number of amides is 1. The van der Waals surface area contributed by atoms with Crippen LogP contribution in [0.15, 0.2) is 34.1 Å². The lowest BCUT2D eigenvalue weighted by Gasteiger charge is -2.20. The van der Waals surface area contributed by atoms with Crippen LogP contribution in [-0.4, -0.2) is 37.7 Å². The molecule has 0 saturated heterocycles. The number of aromatic nitrogens is 4. The third-order valence-electron chi connectivity index (χ3n) is 5.30. The molecule has 0 atom stereocenters. The molecule has 10 heteroatoms. The molecule has 0 unspecified atom stereocenters. The van der Waals surface area contributed by atoms with Crippen molar-refractivity contribution in [2.45, 2.75) is 55.8 Å². The fourth-order valence-corrected chi connectivity index (χ4v) is 5.01. The molecule has 0 radical (unpaired) electrons. The number of carbonyl (C=O) groups excluding carboxylic acids is 1. The van der Waals surface area contributed by atoms with Crippen LogP contribution >= 0.6 is 23.4 Å². The predicted molar refractivity (Wildman–Crippen MR) is 121 cm³/mol. The van der Waals surface area contributed by atoms with E-state index in [0.717, 1.165) is 15.3 Å². The topological polar surface area (TPSA) is 90.5 Å². The maximum absolute atomic E-state index is 12.8. The van der Waals surface area contributed by atoms with Crippen LogP contribution in [0, 0.1) is 6.92 Å². The molecule has 3 aromatic rings. The van der Waals surface area contributed by atoms with E-state index in [4.69, 9.17) is 16.3 Å². The van der Waals surface area contributed by atoms with Crippen molar-refractivity contribution in [2.24, 2.45) is 0 Å². The van der Waals surface area contributed by atoms with Crippen molar-refractivity contribution in [1.29, 1.82) is 0 Å². The second-order valence-electron chi connectivity index (χ2n) is 7.61. The number of thioether (sulfide) groups is 1. The molecule has 8 nitrogen and oxygen atoms in total. The molecule has 0 bridgehead atoms. The van der Waals surface area contributed by atoms with Crippen molar-refractivity contribution in [3.63, 3.8) is 0 Å². The van der Waals surface area contributed by atoms with Gasteiger partial charge in [0.25, 0.3) is 0 Å². The van der Waals surface area contributed by atoms with E-state index in [0.29, 0.717) is 27.4 Å². The summed E-state index contributed by atoms with van der Waals surface area (Å²) in [7, 11) is 1.50. The van der Waals surface area contributed by atoms with Crippen molar-refractivity contribution < 1.29 is 9.53 Å². The average Bonchev–Trinajstić information content (AvgIpc) is 3.06. The predicted octanol–water partition coefficient (Wildman–Crippen LogP) is 3.92. The molecule has 1 aromatic carbocycles. The Hall–Kier alpha value is -2.52. The highest BCUT2D eigenvalue weighted by Crippen LogP contribution is 2.32. The second-order valence-corrected chi connectivity index (χ2v) is 9.34. The number of benzene rings is 1. The van der Waals surface area contributed by atoms with Crippen molar-refractivity contribution in [3.05, 3.63) is 45.3 Å². The Bertz CT molecular complexity index is 1170. The van der Waals surface area contributed by atoms with E-state index in [1.165, 1.54) is 43.7 Å². The molecule has 1 aliphatic rings. The normalized spacial score (nSPS) is 14.7. The third kappa shape index (κ3) is 4.88. The largest absolute Gasteiger partial charge is 0.495 e. The Balaban J connectivity index is 1.50. The molecule has 4 rings (SSSR count).